The first-order valence-corrected chi connectivity index (χ1v) is 25.8. The molecule has 3 heterocycles. The molecule has 0 atom stereocenters. The van der Waals surface area contributed by atoms with Crippen LogP contribution in [0.1, 0.15) is 122 Å². The van der Waals surface area contributed by atoms with Gasteiger partial charge in [-0.15, -0.1) is 0 Å². The van der Waals surface area contributed by atoms with Crippen molar-refractivity contribution in [2.24, 2.45) is 0 Å². The van der Waals surface area contributed by atoms with Crippen molar-refractivity contribution in [1.82, 2.24) is 9.55 Å². The Balaban J connectivity index is 1.04. The van der Waals surface area contributed by atoms with Crippen LogP contribution in [0.4, 0.5) is 22.7 Å². The first-order valence-electron chi connectivity index (χ1n) is 32.3. The predicted octanol–water partition coefficient (Wildman–Crippen LogP) is 19.2. The molecule has 0 unspecified atom stereocenters. The standard InChI is InChI=1S/C70H68N4O/c1-67(2,3)50-35-38-71-65(42-50)74-61-24-15-14-23-55(61)56-33-32-54(44-64(56)74)75-53-22-18-21-52(43-53)72-45-73(63-26-17-16-25-62(63)72)66-57(48-29-27-47(28-30-48)46-19-12-11-13-20-46)40-51(68(4,5)6)41-58(66)49-31-34-59-60(39-49)70(9,10)37-36-69(59,7)8/h11-35,38-44H,36-37,45H2,1-10H3/i11D,12D,13D,14D,15D,19D,20D,23D,24D,27D,28D,29D,30D. The minimum absolute atomic E-state index is 0.00826. The summed E-state index contributed by atoms with van der Waals surface area (Å²) in [6.07, 6.45) is 3.71. The summed E-state index contributed by atoms with van der Waals surface area (Å²) in [5.41, 5.74) is 8.55. The molecular weight excluding hydrogens is 913 g/mol. The number of rotatable bonds is 8. The van der Waals surface area contributed by atoms with Gasteiger partial charge in [-0.3, -0.25) is 4.57 Å². The third-order valence-corrected chi connectivity index (χ3v) is 15.4. The lowest BCUT2D eigenvalue weighted by Gasteiger charge is -2.42. The van der Waals surface area contributed by atoms with Gasteiger partial charge in [0, 0.05) is 45.9 Å². The van der Waals surface area contributed by atoms with Gasteiger partial charge in [0.15, 0.2) is 0 Å². The van der Waals surface area contributed by atoms with Gasteiger partial charge >= 0.3 is 0 Å². The van der Waals surface area contributed by atoms with Crippen LogP contribution in [-0.2, 0) is 21.7 Å². The zero-order valence-corrected chi connectivity index (χ0v) is 44.3. The molecule has 8 aromatic carbocycles. The van der Waals surface area contributed by atoms with Crippen molar-refractivity contribution < 1.29 is 22.6 Å². The molecule has 2 aromatic heterocycles. The Morgan fingerprint density at radius 2 is 1.15 bits per heavy atom. The number of fused-ring (bicyclic) bond motifs is 5. The second kappa shape index (κ2) is 17.9. The average Bonchev–Trinajstić information content (AvgIpc) is 1.21. The summed E-state index contributed by atoms with van der Waals surface area (Å²) in [5.74, 6) is 1.43. The summed E-state index contributed by atoms with van der Waals surface area (Å²) in [6, 6.07) is 29.7. The molecule has 5 heteroatoms. The lowest BCUT2D eigenvalue weighted by Crippen LogP contribution is -2.33. The van der Waals surface area contributed by atoms with Crippen molar-refractivity contribution in [2.45, 2.75) is 104 Å². The Labute approximate surface area is 462 Å². The van der Waals surface area contributed by atoms with Crippen LogP contribution in [0.2, 0.25) is 0 Å². The smallest absolute Gasteiger partial charge is 0.137 e. The van der Waals surface area contributed by atoms with Gasteiger partial charge in [0.25, 0.3) is 0 Å². The monoisotopic (exact) mass is 994 g/mol. The SMILES string of the molecule is [2H]c1c([2H])c([2H])c(-c2c([2H])c([2H])c(-c3cc(C(C)(C)C)cc(-c4ccc5c(c4)C(C)(C)CCC5(C)C)c3N3CN(c4cccc(Oc5ccc6c7c([2H])c([2H])c([2H])c([2H])c7n(-c7cc(C(C)(C)C)ccn7)c6c5)c4)c4ccccc43)c([2H])c2[2H])c([2H])c1[2H]. The first kappa shape index (κ1) is 35.3. The van der Waals surface area contributed by atoms with E-state index in [2.05, 4.69) is 103 Å². The fourth-order valence-corrected chi connectivity index (χ4v) is 11.0. The minimum atomic E-state index is -0.647. The van der Waals surface area contributed by atoms with E-state index in [4.69, 9.17) is 22.1 Å². The number of nitrogens with zero attached hydrogens (tertiary/aromatic N) is 4. The molecule has 374 valence electrons. The highest BCUT2D eigenvalue weighted by Crippen LogP contribution is 2.54. The van der Waals surface area contributed by atoms with Crippen molar-refractivity contribution in [3.63, 3.8) is 0 Å². The number of hydrogen-bond acceptors (Lipinski definition) is 4. The number of benzene rings is 8. The molecular formula is C70H68N4O. The zero-order valence-electron chi connectivity index (χ0n) is 57.3. The van der Waals surface area contributed by atoms with Gasteiger partial charge in [0.1, 0.15) is 24.0 Å². The molecule has 12 rings (SSSR count). The lowest BCUT2D eigenvalue weighted by molar-refractivity contribution is 0.332. The molecule has 0 saturated heterocycles. The number of pyridine rings is 1. The topological polar surface area (TPSA) is 33.5 Å². The fourth-order valence-electron chi connectivity index (χ4n) is 11.0. The molecule has 75 heavy (non-hydrogen) atoms. The largest absolute Gasteiger partial charge is 0.457 e. The number of para-hydroxylation sites is 3. The number of ether oxygens (including phenoxy) is 1. The Kier molecular flexibility index (Phi) is 8.44. The summed E-state index contributed by atoms with van der Waals surface area (Å²) < 4.78 is 126. The molecule has 1 aliphatic heterocycles. The molecule has 0 radical (unpaired) electrons. The number of anilines is 4. The second-order valence-electron chi connectivity index (χ2n) is 23.4. The summed E-state index contributed by atoms with van der Waals surface area (Å²) in [7, 11) is 0. The maximum absolute atomic E-state index is 9.95. The van der Waals surface area contributed by atoms with E-state index in [0.717, 1.165) is 52.2 Å². The van der Waals surface area contributed by atoms with E-state index in [1.54, 1.807) is 16.8 Å². The van der Waals surface area contributed by atoms with Crippen LogP contribution < -0.4 is 14.5 Å². The van der Waals surface area contributed by atoms with Crippen molar-refractivity contribution >= 4 is 44.6 Å². The molecule has 0 bridgehead atoms. The summed E-state index contributed by atoms with van der Waals surface area (Å²) >= 11 is 0. The van der Waals surface area contributed by atoms with E-state index >= 15 is 0 Å². The Morgan fingerprint density at radius 1 is 0.507 bits per heavy atom. The molecule has 10 aromatic rings. The second-order valence-corrected chi connectivity index (χ2v) is 23.4. The van der Waals surface area contributed by atoms with Gasteiger partial charge in [-0.25, -0.2) is 4.98 Å². The highest BCUT2D eigenvalue weighted by molar-refractivity contribution is 6.09. The first-order chi connectivity index (χ1) is 41.3. The van der Waals surface area contributed by atoms with Gasteiger partial charge in [0.05, 0.1) is 45.9 Å². The van der Waals surface area contributed by atoms with Gasteiger partial charge in [-0.05, 0) is 146 Å². The van der Waals surface area contributed by atoms with E-state index in [-0.39, 0.29) is 58.2 Å². The van der Waals surface area contributed by atoms with Gasteiger partial charge in [0.2, 0.25) is 0 Å². The van der Waals surface area contributed by atoms with Gasteiger partial charge in [-0.2, -0.15) is 0 Å². The molecule has 1 aliphatic carbocycles. The highest BCUT2D eigenvalue weighted by Gasteiger charge is 2.38. The normalized spacial score (nSPS) is 17.5. The Morgan fingerprint density at radius 3 is 1.88 bits per heavy atom. The number of aromatic nitrogens is 2. The maximum atomic E-state index is 9.95. The van der Waals surface area contributed by atoms with Crippen LogP contribution in [0, 0.1) is 0 Å². The molecule has 0 N–H and O–H groups in total. The van der Waals surface area contributed by atoms with Crippen LogP contribution in [-0.4, -0.2) is 16.2 Å². The zero-order chi connectivity index (χ0) is 63.3. The fraction of sp³-hybridized carbons (Fsp3) is 0.243. The van der Waals surface area contributed by atoms with E-state index in [1.807, 2.05) is 78.9 Å². The summed E-state index contributed by atoms with van der Waals surface area (Å²) in [6.45, 7) is 21.9. The van der Waals surface area contributed by atoms with Crippen molar-refractivity contribution in [1.29, 1.82) is 0 Å². The number of hydrogen-bond donors (Lipinski definition) is 0. The van der Waals surface area contributed by atoms with Crippen LogP contribution in [0.3, 0.4) is 0 Å². The lowest BCUT2D eigenvalue weighted by atomic mass is 9.63. The quantitative estimate of drug-likeness (QED) is 0.152. The highest BCUT2D eigenvalue weighted by atomic mass is 16.5. The van der Waals surface area contributed by atoms with E-state index in [9.17, 15) is 5.48 Å². The Bertz CT molecular complexity index is 4550. The molecule has 0 amide bonds. The summed E-state index contributed by atoms with van der Waals surface area (Å²) in [5, 5.41) is 0.979. The van der Waals surface area contributed by atoms with Crippen molar-refractivity contribution in [2.75, 3.05) is 16.5 Å². The van der Waals surface area contributed by atoms with Crippen LogP contribution >= 0.6 is 0 Å². The van der Waals surface area contributed by atoms with Crippen LogP contribution in [0.25, 0.3) is 61.0 Å². The molecule has 0 spiro atoms. The van der Waals surface area contributed by atoms with E-state index in [0.29, 0.717) is 50.4 Å². The molecule has 2 aliphatic rings. The molecule has 5 nitrogen and oxygen atoms in total. The minimum Gasteiger partial charge on any atom is -0.457 e. The van der Waals surface area contributed by atoms with Crippen molar-refractivity contribution in [3.8, 4) is 50.7 Å². The van der Waals surface area contributed by atoms with Gasteiger partial charge in [-0.1, -0.05) is 178 Å². The van der Waals surface area contributed by atoms with E-state index in [1.165, 1.54) is 11.1 Å². The third kappa shape index (κ3) is 8.66. The van der Waals surface area contributed by atoms with Crippen LogP contribution in [0.5, 0.6) is 11.5 Å². The maximum Gasteiger partial charge on any atom is 0.137 e. The average molecular weight is 994 g/mol. The van der Waals surface area contributed by atoms with Crippen LogP contribution in [0.15, 0.2) is 194 Å². The predicted molar refractivity (Wildman–Crippen MR) is 316 cm³/mol. The van der Waals surface area contributed by atoms with E-state index < -0.39 is 65.4 Å². The Hall–Kier alpha value is -7.89. The van der Waals surface area contributed by atoms with Crippen molar-refractivity contribution in [3.05, 3.63) is 216 Å². The van der Waals surface area contributed by atoms with Gasteiger partial charge < -0.3 is 14.5 Å². The molecule has 0 fully saturated rings. The summed E-state index contributed by atoms with van der Waals surface area (Å²) in [4.78, 5) is 9.07. The third-order valence-electron chi connectivity index (χ3n) is 15.4. The molecule has 0 saturated carbocycles.